The second kappa shape index (κ2) is 10.5. The van der Waals surface area contributed by atoms with Crippen molar-refractivity contribution in [2.24, 2.45) is 0 Å². The van der Waals surface area contributed by atoms with E-state index >= 15 is 0 Å². The fourth-order valence-electron chi connectivity index (χ4n) is 4.85. The average molecular weight is 491 g/mol. The summed E-state index contributed by atoms with van der Waals surface area (Å²) in [7, 11) is 0. The average Bonchev–Trinajstić information content (AvgIpc) is 2.80. The van der Waals surface area contributed by atoms with Gasteiger partial charge in [0.05, 0.1) is 29.5 Å². The zero-order valence-electron chi connectivity index (χ0n) is 21.4. The van der Waals surface area contributed by atoms with Gasteiger partial charge in [-0.05, 0) is 51.8 Å². The zero-order chi connectivity index (χ0) is 26.0. The van der Waals surface area contributed by atoms with Gasteiger partial charge in [0.1, 0.15) is 11.6 Å². The number of aryl methyl sites for hydroxylation is 2. The van der Waals surface area contributed by atoms with E-state index in [0.29, 0.717) is 17.1 Å². The number of fused-ring (bicyclic) bond motifs is 1. The van der Waals surface area contributed by atoms with Crippen LogP contribution in [0.15, 0.2) is 30.3 Å². The molecule has 1 saturated heterocycles. The van der Waals surface area contributed by atoms with E-state index < -0.39 is 5.97 Å². The van der Waals surface area contributed by atoms with E-state index in [2.05, 4.69) is 66.1 Å². The standard InChI is InChI=1S/C27H34N6O3/c1-6-22(30-25-20(10-11-23(34)35)18(5)29-27(28)32-25)21-12-19-9-7-8-15(2)24(19)31-26(21)33-13-16(3)36-17(4)14-33/h7-12,16-17,22H,6,13-14H2,1-5H3,(H,34,35)(H3,28,29,30,32)/b11-10+/t16-,17+,22?. The van der Waals surface area contributed by atoms with Crippen molar-refractivity contribution < 1.29 is 14.6 Å². The number of nitrogens with one attached hydrogen (secondary N) is 1. The second-order valence-electron chi connectivity index (χ2n) is 9.42. The molecule has 0 spiro atoms. The number of benzene rings is 1. The molecular formula is C27H34N6O3. The Balaban J connectivity index is 1.84. The molecule has 3 aromatic rings. The molecule has 9 heteroatoms. The van der Waals surface area contributed by atoms with E-state index in [-0.39, 0.29) is 24.2 Å². The van der Waals surface area contributed by atoms with Gasteiger partial charge in [-0.3, -0.25) is 0 Å². The van der Waals surface area contributed by atoms with Gasteiger partial charge in [-0.1, -0.05) is 25.1 Å². The lowest BCUT2D eigenvalue weighted by molar-refractivity contribution is -0.131. The van der Waals surface area contributed by atoms with E-state index in [1.807, 2.05) is 6.07 Å². The number of carboxylic acids is 1. The van der Waals surface area contributed by atoms with Gasteiger partial charge in [-0.25, -0.2) is 14.8 Å². The quantitative estimate of drug-likeness (QED) is 0.410. The van der Waals surface area contributed by atoms with Crippen molar-refractivity contribution >= 4 is 40.5 Å². The van der Waals surface area contributed by atoms with Crippen molar-refractivity contribution in [2.75, 3.05) is 29.0 Å². The highest BCUT2D eigenvalue weighted by Crippen LogP contribution is 2.35. The molecule has 4 N–H and O–H groups in total. The maximum atomic E-state index is 11.2. The molecule has 0 aliphatic carbocycles. The lowest BCUT2D eigenvalue weighted by Crippen LogP contribution is -2.46. The first kappa shape index (κ1) is 25.4. The highest BCUT2D eigenvalue weighted by atomic mass is 16.5. The molecule has 3 heterocycles. The summed E-state index contributed by atoms with van der Waals surface area (Å²) in [6.07, 6.45) is 3.49. The van der Waals surface area contributed by atoms with Crippen LogP contribution in [0, 0.1) is 13.8 Å². The van der Waals surface area contributed by atoms with Gasteiger partial charge in [0.25, 0.3) is 0 Å². The summed E-state index contributed by atoms with van der Waals surface area (Å²) in [5.41, 5.74) is 10.3. The van der Waals surface area contributed by atoms with E-state index in [0.717, 1.165) is 53.4 Å². The second-order valence-corrected chi connectivity index (χ2v) is 9.42. The fourth-order valence-corrected chi connectivity index (χ4v) is 4.85. The van der Waals surface area contributed by atoms with Crippen LogP contribution in [0.3, 0.4) is 0 Å². The minimum Gasteiger partial charge on any atom is -0.478 e. The van der Waals surface area contributed by atoms with Crippen molar-refractivity contribution in [1.29, 1.82) is 0 Å². The van der Waals surface area contributed by atoms with Crippen LogP contribution in [-0.2, 0) is 9.53 Å². The van der Waals surface area contributed by atoms with E-state index in [4.69, 9.17) is 20.6 Å². The highest BCUT2D eigenvalue weighted by molar-refractivity contribution is 5.87. The van der Waals surface area contributed by atoms with E-state index in [1.165, 1.54) is 6.08 Å². The van der Waals surface area contributed by atoms with Gasteiger partial charge in [0, 0.05) is 35.7 Å². The number of nitrogen functional groups attached to an aromatic ring is 1. The van der Waals surface area contributed by atoms with Gasteiger partial charge < -0.3 is 25.8 Å². The maximum absolute atomic E-state index is 11.2. The number of nitrogens with two attached hydrogens (primary N) is 1. The predicted molar refractivity (Wildman–Crippen MR) is 143 cm³/mol. The third-order valence-corrected chi connectivity index (χ3v) is 6.42. The molecular weight excluding hydrogens is 456 g/mol. The van der Waals surface area contributed by atoms with Gasteiger partial charge in [0.15, 0.2) is 0 Å². The normalized spacial score (nSPS) is 19.1. The predicted octanol–water partition coefficient (Wildman–Crippen LogP) is 4.50. The molecule has 1 fully saturated rings. The Morgan fingerprint density at radius 2 is 1.97 bits per heavy atom. The number of pyridine rings is 1. The van der Waals surface area contributed by atoms with Crippen LogP contribution in [-0.4, -0.2) is 51.3 Å². The number of aromatic nitrogens is 3. The molecule has 1 aromatic carbocycles. The highest BCUT2D eigenvalue weighted by Gasteiger charge is 2.28. The van der Waals surface area contributed by atoms with Crippen LogP contribution in [0.1, 0.15) is 55.6 Å². The molecule has 0 saturated carbocycles. The van der Waals surface area contributed by atoms with Gasteiger partial charge >= 0.3 is 5.97 Å². The van der Waals surface area contributed by atoms with Crippen molar-refractivity contribution in [3.8, 4) is 0 Å². The number of carbonyl (C=O) groups is 1. The Hall–Kier alpha value is -3.72. The molecule has 0 radical (unpaired) electrons. The lowest BCUT2D eigenvalue weighted by Gasteiger charge is -2.38. The number of hydrogen-bond acceptors (Lipinski definition) is 8. The summed E-state index contributed by atoms with van der Waals surface area (Å²) in [5, 5.41) is 13.8. The molecule has 36 heavy (non-hydrogen) atoms. The molecule has 1 aliphatic heterocycles. The Bertz CT molecular complexity index is 1300. The number of para-hydroxylation sites is 1. The van der Waals surface area contributed by atoms with Crippen LogP contribution in [0.4, 0.5) is 17.6 Å². The minimum absolute atomic E-state index is 0.0843. The first-order valence-corrected chi connectivity index (χ1v) is 12.3. The molecule has 3 atom stereocenters. The number of ether oxygens (including phenoxy) is 1. The lowest BCUT2D eigenvalue weighted by atomic mass is 10.00. The van der Waals surface area contributed by atoms with Crippen LogP contribution in [0.5, 0.6) is 0 Å². The van der Waals surface area contributed by atoms with Crippen LogP contribution < -0.4 is 16.0 Å². The van der Waals surface area contributed by atoms with Gasteiger partial charge in [-0.2, -0.15) is 4.98 Å². The summed E-state index contributed by atoms with van der Waals surface area (Å²) in [6, 6.07) is 8.23. The molecule has 0 amide bonds. The summed E-state index contributed by atoms with van der Waals surface area (Å²) >= 11 is 0. The van der Waals surface area contributed by atoms with E-state index in [9.17, 15) is 4.79 Å². The number of hydrogen-bond donors (Lipinski definition) is 3. The molecule has 0 bridgehead atoms. The largest absolute Gasteiger partial charge is 0.478 e. The topological polar surface area (TPSA) is 126 Å². The van der Waals surface area contributed by atoms with Crippen molar-refractivity contribution in [3.63, 3.8) is 0 Å². The summed E-state index contributed by atoms with van der Waals surface area (Å²) in [5.74, 6) is 0.486. The van der Waals surface area contributed by atoms with E-state index in [1.54, 1.807) is 6.92 Å². The number of aliphatic carboxylic acids is 1. The minimum atomic E-state index is -1.05. The Labute approximate surface area is 211 Å². The molecule has 1 unspecified atom stereocenters. The Morgan fingerprint density at radius 1 is 1.25 bits per heavy atom. The third-order valence-electron chi connectivity index (χ3n) is 6.42. The summed E-state index contributed by atoms with van der Waals surface area (Å²) in [6.45, 7) is 11.6. The van der Waals surface area contributed by atoms with Crippen molar-refractivity contribution in [1.82, 2.24) is 15.0 Å². The number of rotatable bonds is 7. The van der Waals surface area contributed by atoms with Crippen LogP contribution in [0.25, 0.3) is 17.0 Å². The number of morpholine rings is 1. The molecule has 190 valence electrons. The maximum Gasteiger partial charge on any atom is 0.328 e. The van der Waals surface area contributed by atoms with Crippen LogP contribution >= 0.6 is 0 Å². The Morgan fingerprint density at radius 3 is 2.64 bits per heavy atom. The smallest absolute Gasteiger partial charge is 0.328 e. The van der Waals surface area contributed by atoms with Gasteiger partial charge in [0.2, 0.25) is 5.95 Å². The van der Waals surface area contributed by atoms with Crippen molar-refractivity contribution in [2.45, 2.75) is 59.3 Å². The number of carboxylic acid groups (broad SMARTS) is 1. The molecule has 4 rings (SSSR count). The Kier molecular flexibility index (Phi) is 7.40. The van der Waals surface area contributed by atoms with Gasteiger partial charge in [-0.15, -0.1) is 0 Å². The molecule has 2 aromatic heterocycles. The zero-order valence-corrected chi connectivity index (χ0v) is 21.4. The first-order chi connectivity index (χ1) is 17.2. The third kappa shape index (κ3) is 5.41. The first-order valence-electron chi connectivity index (χ1n) is 12.3. The summed E-state index contributed by atoms with van der Waals surface area (Å²) in [4.78, 5) is 27.3. The monoisotopic (exact) mass is 490 g/mol. The number of anilines is 3. The molecule has 9 nitrogen and oxygen atoms in total. The van der Waals surface area contributed by atoms with Crippen LogP contribution in [0.2, 0.25) is 0 Å². The fraction of sp³-hybridized carbons (Fsp3) is 0.407. The van der Waals surface area contributed by atoms with Crippen molar-refractivity contribution in [3.05, 3.63) is 52.7 Å². The number of nitrogens with zero attached hydrogens (tertiary/aromatic N) is 4. The SMILES string of the molecule is CCC(Nc1nc(N)nc(C)c1/C=C/C(=O)O)c1cc2cccc(C)c2nc1N1C[C@@H](C)O[C@@H](C)C1. The summed E-state index contributed by atoms with van der Waals surface area (Å²) < 4.78 is 5.99. The molecule has 1 aliphatic rings.